The van der Waals surface area contributed by atoms with E-state index in [1.54, 1.807) is 6.20 Å². The lowest BCUT2D eigenvalue weighted by Crippen LogP contribution is -2.41. The van der Waals surface area contributed by atoms with Crippen LogP contribution < -0.4 is 0 Å². The molecule has 4 nitrogen and oxygen atoms in total. The molecule has 3 atom stereocenters. The van der Waals surface area contributed by atoms with E-state index in [0.29, 0.717) is 17.4 Å². The number of hydrogen-bond donors (Lipinski definition) is 0. The molecular weight excluding hydrogens is 320 g/mol. The van der Waals surface area contributed by atoms with Gasteiger partial charge in [-0.25, -0.2) is 0 Å². The average Bonchev–Trinajstić information content (AvgIpc) is 3.05. The summed E-state index contributed by atoms with van der Waals surface area (Å²) in [7, 11) is 2.23. The first-order chi connectivity index (χ1) is 12.6. The molecule has 0 bridgehead atoms. The third-order valence-corrected chi connectivity index (χ3v) is 6.10. The van der Waals surface area contributed by atoms with Crippen LogP contribution in [0.2, 0.25) is 0 Å². The molecule has 4 heteroatoms. The Bertz CT molecular complexity index is 824. The van der Waals surface area contributed by atoms with Gasteiger partial charge in [-0.15, -0.1) is 0 Å². The molecular formula is C22H28N4. The number of fused-ring (bicyclic) bond motifs is 1. The van der Waals surface area contributed by atoms with Gasteiger partial charge in [-0.1, -0.05) is 19.1 Å². The fourth-order valence-corrected chi connectivity index (χ4v) is 5.02. The third kappa shape index (κ3) is 3.47. The molecule has 0 spiro atoms. The molecule has 0 radical (unpaired) electrons. The molecule has 1 aromatic carbocycles. The third-order valence-electron chi connectivity index (χ3n) is 6.10. The normalized spacial score (nSPS) is 27.7. The number of benzene rings is 1. The SMILES string of the molecule is CC1CC(c2ccc(C#N)c3ncccc23)CN(CC2CCN(C)C2)C1. The minimum atomic E-state index is 0.525. The number of hydrogen-bond acceptors (Lipinski definition) is 4. The number of aromatic nitrogens is 1. The second-order valence-electron chi connectivity index (χ2n) is 8.39. The first-order valence-electron chi connectivity index (χ1n) is 9.82. The van der Waals surface area contributed by atoms with Crippen LogP contribution in [0.5, 0.6) is 0 Å². The Morgan fingerprint density at radius 1 is 1.23 bits per heavy atom. The predicted molar refractivity (Wildman–Crippen MR) is 105 cm³/mol. The summed E-state index contributed by atoms with van der Waals surface area (Å²) >= 11 is 0. The lowest BCUT2D eigenvalue weighted by Gasteiger charge is -2.38. The van der Waals surface area contributed by atoms with Gasteiger partial charge in [0.25, 0.3) is 0 Å². The van der Waals surface area contributed by atoms with E-state index in [-0.39, 0.29) is 0 Å². The van der Waals surface area contributed by atoms with Gasteiger partial charge in [0.2, 0.25) is 0 Å². The summed E-state index contributed by atoms with van der Waals surface area (Å²) in [6, 6.07) is 10.5. The number of pyridine rings is 1. The van der Waals surface area contributed by atoms with E-state index in [2.05, 4.69) is 47.0 Å². The van der Waals surface area contributed by atoms with E-state index in [1.165, 1.54) is 44.6 Å². The van der Waals surface area contributed by atoms with Crippen LogP contribution in [0.1, 0.15) is 36.8 Å². The van der Waals surface area contributed by atoms with Gasteiger partial charge < -0.3 is 9.80 Å². The minimum absolute atomic E-state index is 0.525. The van der Waals surface area contributed by atoms with E-state index < -0.39 is 0 Å². The van der Waals surface area contributed by atoms with Gasteiger partial charge >= 0.3 is 0 Å². The van der Waals surface area contributed by atoms with Crippen LogP contribution >= 0.6 is 0 Å². The Labute approximate surface area is 156 Å². The van der Waals surface area contributed by atoms with Gasteiger partial charge in [0, 0.05) is 37.8 Å². The first kappa shape index (κ1) is 17.5. The van der Waals surface area contributed by atoms with Crippen LogP contribution in [0.4, 0.5) is 0 Å². The molecule has 0 saturated carbocycles. The molecule has 3 heterocycles. The highest BCUT2D eigenvalue weighted by molar-refractivity contribution is 5.87. The predicted octanol–water partition coefficient (Wildman–Crippen LogP) is 3.48. The quantitative estimate of drug-likeness (QED) is 0.852. The monoisotopic (exact) mass is 348 g/mol. The van der Waals surface area contributed by atoms with Gasteiger partial charge in [0.1, 0.15) is 6.07 Å². The van der Waals surface area contributed by atoms with Crippen LogP contribution in [0, 0.1) is 23.2 Å². The van der Waals surface area contributed by atoms with Crippen molar-refractivity contribution in [3.05, 3.63) is 41.6 Å². The van der Waals surface area contributed by atoms with Crippen molar-refractivity contribution >= 4 is 10.9 Å². The van der Waals surface area contributed by atoms with E-state index in [9.17, 15) is 5.26 Å². The molecule has 2 aliphatic rings. The van der Waals surface area contributed by atoms with Gasteiger partial charge in [-0.05, 0) is 61.9 Å². The zero-order valence-electron chi connectivity index (χ0n) is 15.9. The maximum absolute atomic E-state index is 9.40. The minimum Gasteiger partial charge on any atom is -0.306 e. The second kappa shape index (κ2) is 7.34. The number of nitriles is 1. The summed E-state index contributed by atoms with van der Waals surface area (Å²) in [5.74, 6) is 2.04. The van der Waals surface area contributed by atoms with Crippen LogP contribution in [0.3, 0.4) is 0 Å². The molecule has 2 saturated heterocycles. The largest absolute Gasteiger partial charge is 0.306 e. The Balaban J connectivity index is 1.59. The highest BCUT2D eigenvalue weighted by atomic mass is 15.2. The summed E-state index contributed by atoms with van der Waals surface area (Å²) < 4.78 is 0. The molecule has 2 aliphatic heterocycles. The number of piperidine rings is 1. The second-order valence-corrected chi connectivity index (χ2v) is 8.39. The van der Waals surface area contributed by atoms with E-state index >= 15 is 0 Å². The standard InChI is InChI=1S/C22H28N4/c1-16-10-19(15-26(12-16)14-17-7-9-25(2)13-17)20-6-5-18(11-23)22-21(20)4-3-8-24-22/h3-6,8,16-17,19H,7,9-10,12-15H2,1-2H3. The molecule has 0 N–H and O–H groups in total. The van der Waals surface area contributed by atoms with Gasteiger partial charge in [-0.3, -0.25) is 4.98 Å². The zero-order chi connectivity index (χ0) is 18.1. The summed E-state index contributed by atoms with van der Waals surface area (Å²) in [6.07, 6.45) is 4.34. The Hall–Kier alpha value is -1.96. The smallest absolute Gasteiger partial charge is 0.101 e. The fourth-order valence-electron chi connectivity index (χ4n) is 5.02. The fraction of sp³-hybridized carbons (Fsp3) is 0.545. The van der Waals surface area contributed by atoms with Crippen molar-refractivity contribution in [1.82, 2.24) is 14.8 Å². The Morgan fingerprint density at radius 2 is 2.12 bits per heavy atom. The van der Waals surface area contributed by atoms with Gasteiger partial charge in [0.05, 0.1) is 11.1 Å². The van der Waals surface area contributed by atoms with E-state index in [1.807, 2.05) is 12.1 Å². The van der Waals surface area contributed by atoms with E-state index in [4.69, 9.17) is 0 Å². The molecule has 3 unspecified atom stereocenters. The Morgan fingerprint density at radius 3 is 2.88 bits per heavy atom. The van der Waals surface area contributed by atoms with Crippen molar-refractivity contribution in [2.45, 2.75) is 25.7 Å². The summed E-state index contributed by atoms with van der Waals surface area (Å²) in [6.45, 7) is 8.41. The maximum atomic E-state index is 9.40. The van der Waals surface area contributed by atoms with Gasteiger partial charge in [0.15, 0.2) is 0 Å². The molecule has 136 valence electrons. The summed E-state index contributed by atoms with van der Waals surface area (Å²) in [5.41, 5.74) is 2.90. The van der Waals surface area contributed by atoms with Crippen molar-refractivity contribution in [3.8, 4) is 6.07 Å². The molecule has 26 heavy (non-hydrogen) atoms. The number of rotatable bonds is 3. The van der Waals surface area contributed by atoms with Crippen molar-refractivity contribution in [3.63, 3.8) is 0 Å². The molecule has 1 aromatic heterocycles. The Kier molecular flexibility index (Phi) is 4.93. The van der Waals surface area contributed by atoms with Crippen molar-refractivity contribution in [2.24, 2.45) is 11.8 Å². The van der Waals surface area contributed by atoms with Crippen LogP contribution in [0.15, 0.2) is 30.5 Å². The lowest BCUT2D eigenvalue weighted by atomic mass is 9.83. The highest BCUT2D eigenvalue weighted by Crippen LogP contribution is 2.35. The molecule has 2 aromatic rings. The molecule has 2 fully saturated rings. The molecule has 0 amide bonds. The topological polar surface area (TPSA) is 43.2 Å². The van der Waals surface area contributed by atoms with Gasteiger partial charge in [-0.2, -0.15) is 5.26 Å². The van der Waals surface area contributed by atoms with E-state index in [0.717, 1.165) is 23.4 Å². The van der Waals surface area contributed by atoms with Crippen molar-refractivity contribution in [2.75, 3.05) is 39.8 Å². The maximum Gasteiger partial charge on any atom is 0.101 e. The average molecular weight is 348 g/mol. The van der Waals surface area contributed by atoms with Crippen LogP contribution in [-0.4, -0.2) is 54.6 Å². The number of nitrogens with zero attached hydrogens (tertiary/aromatic N) is 4. The number of likely N-dealkylation sites (tertiary alicyclic amines) is 2. The summed E-state index contributed by atoms with van der Waals surface area (Å²) in [4.78, 5) is 9.63. The molecule has 4 rings (SSSR count). The highest BCUT2D eigenvalue weighted by Gasteiger charge is 2.30. The first-order valence-corrected chi connectivity index (χ1v) is 9.82. The zero-order valence-corrected chi connectivity index (χ0v) is 15.9. The van der Waals surface area contributed by atoms with Crippen molar-refractivity contribution in [1.29, 1.82) is 5.26 Å². The van der Waals surface area contributed by atoms with Crippen molar-refractivity contribution < 1.29 is 0 Å². The van der Waals surface area contributed by atoms with Crippen LogP contribution in [0.25, 0.3) is 10.9 Å². The van der Waals surface area contributed by atoms with Crippen LogP contribution in [-0.2, 0) is 0 Å². The molecule has 0 aliphatic carbocycles. The summed E-state index contributed by atoms with van der Waals surface area (Å²) in [5, 5.41) is 10.6. The lowest BCUT2D eigenvalue weighted by molar-refractivity contribution is 0.143.